The van der Waals surface area contributed by atoms with Crippen LogP contribution in [0.25, 0.3) is 0 Å². The normalized spacial score (nSPS) is 10.5. The highest BCUT2D eigenvalue weighted by atomic mass is 16.5. The number of methoxy groups -OCH3 is 3. The van der Waals surface area contributed by atoms with Crippen LogP contribution in [0.5, 0.6) is 23.0 Å². The summed E-state index contributed by atoms with van der Waals surface area (Å²) in [5, 5.41) is 6.63. The first-order valence-corrected chi connectivity index (χ1v) is 11.2. The van der Waals surface area contributed by atoms with Crippen LogP contribution in [0.1, 0.15) is 32.9 Å². The Labute approximate surface area is 209 Å². The number of benzene rings is 2. The van der Waals surface area contributed by atoms with E-state index in [0.717, 1.165) is 16.8 Å². The van der Waals surface area contributed by atoms with Gasteiger partial charge >= 0.3 is 5.97 Å². The number of hydrogen-bond acceptors (Lipinski definition) is 9. The molecule has 10 nitrogen and oxygen atoms in total. The van der Waals surface area contributed by atoms with Crippen molar-refractivity contribution in [2.24, 2.45) is 0 Å². The number of ether oxygens (including phenoxy) is 5. The minimum absolute atomic E-state index is 0.231. The van der Waals surface area contributed by atoms with E-state index in [1.54, 1.807) is 39.3 Å². The van der Waals surface area contributed by atoms with E-state index in [1.165, 1.54) is 13.2 Å². The van der Waals surface area contributed by atoms with Crippen LogP contribution in [-0.4, -0.2) is 51.5 Å². The summed E-state index contributed by atoms with van der Waals surface area (Å²) in [4.78, 5) is 24.6. The fraction of sp³-hybridized carbons (Fsp3) is 0.346. The Morgan fingerprint density at radius 3 is 2.28 bits per heavy atom. The Morgan fingerprint density at radius 1 is 0.917 bits per heavy atom. The fourth-order valence-corrected chi connectivity index (χ4v) is 3.42. The molecule has 1 amide bonds. The summed E-state index contributed by atoms with van der Waals surface area (Å²) in [6.07, 6.45) is 0.576. The van der Waals surface area contributed by atoms with E-state index in [4.69, 9.17) is 28.2 Å². The molecule has 2 aromatic carbocycles. The van der Waals surface area contributed by atoms with Gasteiger partial charge in [0.1, 0.15) is 12.4 Å². The third kappa shape index (κ3) is 6.68. The molecule has 0 spiro atoms. The van der Waals surface area contributed by atoms with Crippen LogP contribution in [-0.2, 0) is 22.6 Å². The number of rotatable bonds is 12. The van der Waals surface area contributed by atoms with E-state index in [2.05, 4.69) is 10.5 Å². The van der Waals surface area contributed by atoms with Crippen molar-refractivity contribution in [2.75, 3.05) is 34.5 Å². The number of carbonyl (C=O) groups excluding carboxylic acids is 2. The zero-order valence-corrected chi connectivity index (χ0v) is 21.0. The van der Waals surface area contributed by atoms with Crippen molar-refractivity contribution >= 4 is 11.9 Å². The number of aryl methyl sites for hydroxylation is 2. The second kappa shape index (κ2) is 12.5. The molecule has 0 unspecified atom stereocenters. The van der Waals surface area contributed by atoms with Gasteiger partial charge in [-0.25, -0.2) is 4.79 Å². The standard InChI is InChI=1S/C26H30N2O8/c1-16-20(17(2)36-28-16)14-34-22-9-7-19(13-24(22)33-5)26(30)35-15-25(29)27-11-10-18-6-8-21(31-3)23(12-18)32-4/h6-9,12-13H,10-11,14-15H2,1-5H3,(H,27,29). The number of esters is 1. The molecule has 1 aromatic heterocycles. The SMILES string of the molecule is COc1ccc(CCNC(=O)COC(=O)c2ccc(OCc3c(C)noc3C)c(OC)c2)cc1OC. The summed E-state index contributed by atoms with van der Waals surface area (Å²) in [7, 11) is 4.60. The molecule has 0 aliphatic heterocycles. The topological polar surface area (TPSA) is 118 Å². The van der Waals surface area contributed by atoms with Crippen LogP contribution in [0.2, 0.25) is 0 Å². The van der Waals surface area contributed by atoms with Crippen molar-refractivity contribution in [1.29, 1.82) is 0 Å². The highest BCUT2D eigenvalue weighted by Gasteiger charge is 2.16. The lowest BCUT2D eigenvalue weighted by atomic mass is 10.1. The van der Waals surface area contributed by atoms with E-state index < -0.39 is 18.5 Å². The predicted molar refractivity (Wildman–Crippen MR) is 130 cm³/mol. The maximum absolute atomic E-state index is 12.4. The van der Waals surface area contributed by atoms with Crippen molar-refractivity contribution in [1.82, 2.24) is 10.5 Å². The van der Waals surface area contributed by atoms with Crippen molar-refractivity contribution in [3.05, 3.63) is 64.5 Å². The predicted octanol–water partition coefficient (Wildman–Crippen LogP) is 3.41. The highest BCUT2D eigenvalue weighted by molar-refractivity contribution is 5.92. The van der Waals surface area contributed by atoms with Gasteiger partial charge in [0, 0.05) is 6.54 Å². The molecular weight excluding hydrogens is 468 g/mol. The molecule has 10 heteroatoms. The second-order valence-corrected chi connectivity index (χ2v) is 7.82. The summed E-state index contributed by atoms with van der Waals surface area (Å²) in [6, 6.07) is 10.2. The van der Waals surface area contributed by atoms with E-state index in [9.17, 15) is 9.59 Å². The molecule has 1 heterocycles. The van der Waals surface area contributed by atoms with Crippen LogP contribution in [0, 0.1) is 13.8 Å². The second-order valence-electron chi connectivity index (χ2n) is 7.82. The van der Waals surface area contributed by atoms with Crippen LogP contribution in [0.3, 0.4) is 0 Å². The Kier molecular flexibility index (Phi) is 9.15. The van der Waals surface area contributed by atoms with Gasteiger partial charge in [-0.3, -0.25) is 4.79 Å². The summed E-state index contributed by atoms with van der Waals surface area (Å²) in [5.74, 6) is 1.67. The van der Waals surface area contributed by atoms with Crippen molar-refractivity contribution in [3.8, 4) is 23.0 Å². The number of amides is 1. The number of aromatic nitrogens is 1. The Bertz CT molecular complexity index is 1190. The monoisotopic (exact) mass is 498 g/mol. The Morgan fingerprint density at radius 2 is 1.61 bits per heavy atom. The van der Waals surface area contributed by atoms with E-state index in [1.807, 2.05) is 19.1 Å². The molecular formula is C26H30N2O8. The zero-order chi connectivity index (χ0) is 26.1. The smallest absolute Gasteiger partial charge is 0.338 e. The van der Waals surface area contributed by atoms with Gasteiger partial charge < -0.3 is 33.5 Å². The van der Waals surface area contributed by atoms with Crippen molar-refractivity contribution in [3.63, 3.8) is 0 Å². The molecule has 3 aromatic rings. The van der Waals surface area contributed by atoms with E-state index in [0.29, 0.717) is 41.7 Å². The fourth-order valence-electron chi connectivity index (χ4n) is 3.42. The maximum atomic E-state index is 12.4. The summed E-state index contributed by atoms with van der Waals surface area (Å²) in [6.45, 7) is 3.85. The molecule has 0 aliphatic rings. The summed E-state index contributed by atoms with van der Waals surface area (Å²) in [5.41, 5.74) is 2.79. The third-order valence-electron chi connectivity index (χ3n) is 5.47. The third-order valence-corrected chi connectivity index (χ3v) is 5.47. The van der Waals surface area contributed by atoms with Crippen molar-refractivity contribution in [2.45, 2.75) is 26.9 Å². The molecule has 0 aliphatic carbocycles. The number of carbonyl (C=O) groups is 2. The first-order valence-electron chi connectivity index (χ1n) is 11.2. The lowest BCUT2D eigenvalue weighted by molar-refractivity contribution is -0.124. The minimum Gasteiger partial charge on any atom is -0.493 e. The van der Waals surface area contributed by atoms with Crippen LogP contribution in [0.4, 0.5) is 0 Å². The average Bonchev–Trinajstić information content (AvgIpc) is 3.22. The minimum atomic E-state index is -0.652. The Hall–Kier alpha value is -4.21. The van der Waals surface area contributed by atoms with Crippen molar-refractivity contribution < 1.29 is 37.8 Å². The quantitative estimate of drug-likeness (QED) is 0.375. The van der Waals surface area contributed by atoms with Gasteiger partial charge in [0.25, 0.3) is 5.91 Å². The molecule has 0 fully saturated rings. The van der Waals surface area contributed by atoms with E-state index in [-0.39, 0.29) is 12.2 Å². The van der Waals surface area contributed by atoms with Gasteiger partial charge in [-0.2, -0.15) is 0 Å². The summed E-state index contributed by atoms with van der Waals surface area (Å²) < 4.78 is 32.0. The van der Waals surface area contributed by atoms with Crippen LogP contribution >= 0.6 is 0 Å². The van der Waals surface area contributed by atoms with E-state index >= 15 is 0 Å². The highest BCUT2D eigenvalue weighted by Crippen LogP contribution is 2.30. The summed E-state index contributed by atoms with van der Waals surface area (Å²) >= 11 is 0. The molecule has 0 saturated heterocycles. The lowest BCUT2D eigenvalue weighted by Gasteiger charge is -2.12. The first-order chi connectivity index (χ1) is 17.4. The Balaban J connectivity index is 1.48. The van der Waals surface area contributed by atoms with Gasteiger partial charge in [-0.05, 0) is 56.2 Å². The number of nitrogens with one attached hydrogen (secondary N) is 1. The molecule has 192 valence electrons. The average molecular weight is 499 g/mol. The van der Waals surface area contributed by atoms with Crippen LogP contribution in [0.15, 0.2) is 40.9 Å². The molecule has 1 N–H and O–H groups in total. The van der Waals surface area contributed by atoms with Crippen LogP contribution < -0.4 is 24.3 Å². The molecule has 0 saturated carbocycles. The van der Waals surface area contributed by atoms with Gasteiger partial charge in [-0.1, -0.05) is 11.2 Å². The largest absolute Gasteiger partial charge is 0.493 e. The van der Waals surface area contributed by atoms with Gasteiger partial charge in [0.2, 0.25) is 0 Å². The zero-order valence-electron chi connectivity index (χ0n) is 21.0. The molecule has 0 radical (unpaired) electrons. The van der Waals surface area contributed by atoms with Gasteiger partial charge in [0.05, 0.1) is 38.2 Å². The molecule has 36 heavy (non-hydrogen) atoms. The molecule has 0 bridgehead atoms. The van der Waals surface area contributed by atoms with Gasteiger partial charge in [0.15, 0.2) is 29.6 Å². The maximum Gasteiger partial charge on any atom is 0.338 e. The molecule has 3 rings (SSSR count). The number of hydrogen-bond donors (Lipinski definition) is 1. The lowest BCUT2D eigenvalue weighted by Crippen LogP contribution is -2.30. The number of nitrogens with zero attached hydrogens (tertiary/aromatic N) is 1. The van der Waals surface area contributed by atoms with Gasteiger partial charge in [-0.15, -0.1) is 0 Å². The first kappa shape index (κ1) is 26.4. The molecule has 0 atom stereocenters.